The molecule has 10 nitrogen and oxygen atoms in total. The molecule has 2 amide bonds. The zero-order valence-corrected chi connectivity index (χ0v) is 18.4. The average Bonchev–Trinajstić information content (AvgIpc) is 2.77. The fourth-order valence-corrected chi connectivity index (χ4v) is 5.50. The summed E-state index contributed by atoms with van der Waals surface area (Å²) in [5.74, 6) is -1.32. The van der Waals surface area contributed by atoms with E-state index in [1.54, 1.807) is 38.1 Å². The summed E-state index contributed by atoms with van der Waals surface area (Å²) in [5, 5.41) is 4.84. The minimum Gasteiger partial charge on any atom is -0.271 e. The fourth-order valence-electron chi connectivity index (χ4n) is 3.75. The highest BCUT2D eigenvalue weighted by atomic mass is 32.2. The van der Waals surface area contributed by atoms with Gasteiger partial charge in [-0.05, 0) is 32.3 Å². The van der Waals surface area contributed by atoms with E-state index in [4.69, 9.17) is 0 Å². The van der Waals surface area contributed by atoms with E-state index in [1.807, 2.05) is 0 Å². The number of benzene rings is 1. The second kappa shape index (κ2) is 9.56. The van der Waals surface area contributed by atoms with Crippen LogP contribution in [0.1, 0.15) is 50.0 Å². The van der Waals surface area contributed by atoms with Crippen LogP contribution in [0.15, 0.2) is 29.1 Å². The Balaban J connectivity index is 1.80. The quantitative estimate of drug-likeness (QED) is 0.627. The maximum atomic E-state index is 12.8. The predicted molar refractivity (Wildman–Crippen MR) is 116 cm³/mol. The first-order valence-corrected chi connectivity index (χ1v) is 12.0. The van der Waals surface area contributed by atoms with Crippen LogP contribution in [0.25, 0.3) is 10.8 Å². The first kappa shape index (κ1) is 22.9. The van der Waals surface area contributed by atoms with Crippen LogP contribution in [-0.4, -0.2) is 52.7 Å². The molecule has 1 aliphatic heterocycles. The maximum Gasteiger partial charge on any atom is 0.290 e. The zero-order chi connectivity index (χ0) is 22.6. The summed E-state index contributed by atoms with van der Waals surface area (Å²) in [7, 11) is -3.55. The van der Waals surface area contributed by atoms with Crippen molar-refractivity contribution in [3.63, 3.8) is 0 Å². The van der Waals surface area contributed by atoms with E-state index in [-0.39, 0.29) is 30.1 Å². The first-order valence-electron chi connectivity index (χ1n) is 10.4. The number of nitrogens with one attached hydrogen (secondary N) is 2. The Kier molecular flexibility index (Phi) is 7.06. The molecule has 2 aromatic rings. The molecule has 1 fully saturated rings. The smallest absolute Gasteiger partial charge is 0.271 e. The summed E-state index contributed by atoms with van der Waals surface area (Å²) >= 11 is 0. The second-order valence-corrected chi connectivity index (χ2v) is 9.44. The molecular formula is C20H27N5O5S. The molecule has 0 bridgehead atoms. The van der Waals surface area contributed by atoms with Gasteiger partial charge in [0.15, 0.2) is 5.69 Å². The number of rotatable bonds is 6. The summed E-state index contributed by atoms with van der Waals surface area (Å²) in [6, 6.07) is 5.73. The number of hydrogen-bond acceptors (Lipinski definition) is 6. The standard InChI is InChI=1S/C20H27N5O5S/c1-3-13-31(29,30)25-12-8-7-11-16(25)18(26)21-22-19(27)17-14-9-5-6-10-15(14)20(28)24(4-2)23-17/h5-6,9-10,16H,3-4,7-8,11-13H2,1-2H3,(H,21,26)(H,22,27). The van der Waals surface area contributed by atoms with Gasteiger partial charge in [0.05, 0.1) is 11.1 Å². The normalized spacial score (nSPS) is 17.4. The lowest BCUT2D eigenvalue weighted by Gasteiger charge is -2.33. The molecular weight excluding hydrogens is 422 g/mol. The number of nitrogens with zero attached hydrogens (tertiary/aromatic N) is 3. The molecule has 11 heteroatoms. The molecule has 31 heavy (non-hydrogen) atoms. The third-order valence-electron chi connectivity index (χ3n) is 5.26. The molecule has 1 aliphatic rings. The maximum absolute atomic E-state index is 12.8. The molecule has 1 unspecified atom stereocenters. The molecule has 0 saturated carbocycles. The van der Waals surface area contributed by atoms with Crippen LogP contribution in [0.4, 0.5) is 0 Å². The second-order valence-electron chi connectivity index (χ2n) is 7.40. The highest BCUT2D eigenvalue weighted by Crippen LogP contribution is 2.21. The number of aromatic nitrogens is 2. The van der Waals surface area contributed by atoms with Gasteiger partial charge in [0.2, 0.25) is 10.0 Å². The summed E-state index contributed by atoms with van der Waals surface area (Å²) in [4.78, 5) is 37.9. The molecule has 2 heterocycles. The third kappa shape index (κ3) is 4.77. The van der Waals surface area contributed by atoms with Crippen LogP contribution in [0.3, 0.4) is 0 Å². The summed E-state index contributed by atoms with van der Waals surface area (Å²) < 4.78 is 27.5. The fraction of sp³-hybridized carbons (Fsp3) is 0.500. The number of hydrogen-bond donors (Lipinski definition) is 2. The number of amides is 2. The first-order chi connectivity index (χ1) is 14.8. The van der Waals surface area contributed by atoms with Crippen molar-refractivity contribution >= 4 is 32.6 Å². The van der Waals surface area contributed by atoms with Crippen molar-refractivity contribution in [3.8, 4) is 0 Å². The number of hydrazine groups is 1. The molecule has 168 valence electrons. The molecule has 3 rings (SSSR count). The Morgan fingerprint density at radius 3 is 2.52 bits per heavy atom. The largest absolute Gasteiger partial charge is 0.290 e. The topological polar surface area (TPSA) is 130 Å². The Labute approximate surface area is 180 Å². The molecule has 2 N–H and O–H groups in total. The Bertz CT molecular complexity index is 1140. The lowest BCUT2D eigenvalue weighted by Crippen LogP contribution is -2.55. The Hall–Kier alpha value is -2.79. The molecule has 1 saturated heterocycles. The summed E-state index contributed by atoms with van der Waals surface area (Å²) in [5.41, 5.74) is 4.35. The van der Waals surface area contributed by atoms with Gasteiger partial charge in [-0.3, -0.25) is 25.2 Å². The van der Waals surface area contributed by atoms with Gasteiger partial charge < -0.3 is 0 Å². The highest BCUT2D eigenvalue weighted by molar-refractivity contribution is 7.89. The van der Waals surface area contributed by atoms with Gasteiger partial charge in [-0.15, -0.1) is 0 Å². The number of sulfonamides is 1. The van der Waals surface area contributed by atoms with Crippen LogP contribution in [0.5, 0.6) is 0 Å². The van der Waals surface area contributed by atoms with Gasteiger partial charge in [-0.25, -0.2) is 13.1 Å². The van der Waals surface area contributed by atoms with Crippen LogP contribution >= 0.6 is 0 Å². The van der Waals surface area contributed by atoms with Gasteiger partial charge in [0.25, 0.3) is 17.4 Å². The van der Waals surface area contributed by atoms with Crippen molar-refractivity contribution in [1.82, 2.24) is 24.9 Å². The van der Waals surface area contributed by atoms with Crippen molar-refractivity contribution in [2.75, 3.05) is 12.3 Å². The van der Waals surface area contributed by atoms with E-state index in [2.05, 4.69) is 16.0 Å². The lowest BCUT2D eigenvalue weighted by atomic mass is 10.0. The lowest BCUT2D eigenvalue weighted by molar-refractivity contribution is -0.126. The Morgan fingerprint density at radius 2 is 1.84 bits per heavy atom. The van der Waals surface area contributed by atoms with Crippen molar-refractivity contribution < 1.29 is 18.0 Å². The van der Waals surface area contributed by atoms with E-state index in [1.165, 1.54) is 8.99 Å². The monoisotopic (exact) mass is 449 g/mol. The molecule has 0 spiro atoms. The van der Waals surface area contributed by atoms with E-state index in [9.17, 15) is 22.8 Å². The SMILES string of the molecule is CCCS(=O)(=O)N1CCCCC1C(=O)NNC(=O)c1nn(CC)c(=O)c2ccccc12. The number of piperidine rings is 1. The summed E-state index contributed by atoms with van der Waals surface area (Å²) in [6.07, 6.45) is 2.24. The highest BCUT2D eigenvalue weighted by Gasteiger charge is 2.36. The van der Waals surface area contributed by atoms with Crippen molar-refractivity contribution in [1.29, 1.82) is 0 Å². The number of carbonyl (C=O) groups excluding carboxylic acids is 2. The van der Waals surface area contributed by atoms with Crippen molar-refractivity contribution in [2.24, 2.45) is 0 Å². The van der Waals surface area contributed by atoms with Crippen molar-refractivity contribution in [2.45, 2.75) is 52.1 Å². The van der Waals surface area contributed by atoms with E-state index < -0.39 is 27.9 Å². The molecule has 1 atom stereocenters. The van der Waals surface area contributed by atoms with Gasteiger partial charge in [-0.1, -0.05) is 31.5 Å². The van der Waals surface area contributed by atoms with Crippen LogP contribution in [0.2, 0.25) is 0 Å². The van der Waals surface area contributed by atoms with Crippen molar-refractivity contribution in [3.05, 3.63) is 40.3 Å². The summed E-state index contributed by atoms with van der Waals surface area (Å²) in [6.45, 7) is 4.07. The van der Waals surface area contributed by atoms with E-state index >= 15 is 0 Å². The van der Waals surface area contributed by atoms with Gasteiger partial charge in [-0.2, -0.15) is 9.40 Å². The molecule has 1 aromatic heterocycles. The molecule has 1 aromatic carbocycles. The van der Waals surface area contributed by atoms with Gasteiger partial charge >= 0.3 is 0 Å². The molecule has 0 radical (unpaired) electrons. The number of carbonyl (C=O) groups is 2. The number of fused-ring (bicyclic) bond motifs is 1. The minimum absolute atomic E-state index is 0.00328. The van der Waals surface area contributed by atoms with Crippen LogP contribution in [0, 0.1) is 0 Å². The van der Waals surface area contributed by atoms with Crippen LogP contribution in [-0.2, 0) is 21.4 Å². The molecule has 0 aliphatic carbocycles. The van der Waals surface area contributed by atoms with Crippen LogP contribution < -0.4 is 16.4 Å². The van der Waals surface area contributed by atoms with E-state index in [0.717, 1.165) is 6.42 Å². The number of aryl methyl sites for hydroxylation is 1. The Morgan fingerprint density at radius 1 is 1.13 bits per heavy atom. The predicted octanol–water partition coefficient (Wildman–Crippen LogP) is 0.772. The third-order valence-corrected chi connectivity index (χ3v) is 7.33. The van der Waals surface area contributed by atoms with E-state index in [0.29, 0.717) is 30.0 Å². The van der Waals surface area contributed by atoms with Gasteiger partial charge in [0, 0.05) is 18.5 Å². The average molecular weight is 450 g/mol. The van der Waals surface area contributed by atoms with Gasteiger partial charge in [0.1, 0.15) is 6.04 Å². The zero-order valence-electron chi connectivity index (χ0n) is 17.6. The minimum atomic E-state index is -3.55.